The van der Waals surface area contributed by atoms with Crippen LogP contribution in [0, 0.1) is 0 Å². The van der Waals surface area contributed by atoms with Crippen molar-refractivity contribution in [2.75, 3.05) is 9.80 Å². The first-order chi connectivity index (χ1) is 28.3. The molecule has 0 bridgehead atoms. The van der Waals surface area contributed by atoms with Crippen molar-refractivity contribution in [3.05, 3.63) is 198 Å². The van der Waals surface area contributed by atoms with Crippen LogP contribution in [0.2, 0.25) is 0 Å². The van der Waals surface area contributed by atoms with Crippen molar-refractivity contribution in [3.63, 3.8) is 0 Å². The van der Waals surface area contributed by atoms with Crippen LogP contribution in [0.4, 0.5) is 17.1 Å². The highest BCUT2D eigenvalue weighted by molar-refractivity contribution is 8.00. The number of allylic oxidation sites excluding steroid dienone is 3. The van der Waals surface area contributed by atoms with Gasteiger partial charge in [-0.15, -0.1) is 23.1 Å². The summed E-state index contributed by atoms with van der Waals surface area (Å²) in [6.07, 6.45) is 15.3. The number of hydrogen-bond donors (Lipinski definition) is 0. The van der Waals surface area contributed by atoms with E-state index in [-0.39, 0.29) is 18.1 Å². The van der Waals surface area contributed by atoms with Crippen LogP contribution in [-0.2, 0) is 0 Å². The van der Waals surface area contributed by atoms with Gasteiger partial charge in [0.1, 0.15) is 5.58 Å². The maximum absolute atomic E-state index is 7.13. The number of para-hydroxylation sites is 1. The molecule has 12 rings (SSSR count). The molecule has 0 radical (unpaired) electrons. The molecule has 0 N–H and O–H groups in total. The second-order valence-electron chi connectivity index (χ2n) is 15.8. The summed E-state index contributed by atoms with van der Waals surface area (Å²) >= 11 is 3.98. The molecule has 57 heavy (non-hydrogen) atoms. The van der Waals surface area contributed by atoms with E-state index in [9.17, 15) is 0 Å². The van der Waals surface area contributed by atoms with E-state index >= 15 is 0 Å². The Morgan fingerprint density at radius 1 is 0.667 bits per heavy atom. The average Bonchev–Trinajstić information content (AvgIpc) is 4.03. The first-order valence-corrected chi connectivity index (χ1v) is 21.9. The van der Waals surface area contributed by atoms with Gasteiger partial charge < -0.3 is 14.2 Å². The first kappa shape index (κ1) is 33.4. The number of benzene rings is 6. The molecule has 5 atom stereocenters. The minimum atomic E-state index is 0.199. The summed E-state index contributed by atoms with van der Waals surface area (Å²) in [6.45, 7) is 0. The monoisotopic (exact) mass is 772 g/mol. The second kappa shape index (κ2) is 13.4. The van der Waals surface area contributed by atoms with E-state index in [1.54, 1.807) is 0 Å². The van der Waals surface area contributed by atoms with Crippen LogP contribution in [-0.4, -0.2) is 12.1 Å². The van der Waals surface area contributed by atoms with Crippen molar-refractivity contribution in [1.82, 2.24) is 0 Å². The summed E-state index contributed by atoms with van der Waals surface area (Å²) < 4.78 is 8.48. The Bertz CT molecular complexity index is 2920. The van der Waals surface area contributed by atoms with Crippen molar-refractivity contribution in [1.29, 1.82) is 0 Å². The summed E-state index contributed by atoms with van der Waals surface area (Å²) in [5.74, 6) is 0.435. The molecule has 0 saturated heterocycles. The molecule has 8 aromatic rings. The van der Waals surface area contributed by atoms with Gasteiger partial charge in [0.25, 0.3) is 0 Å². The molecular weight excluding hydrogens is 733 g/mol. The highest BCUT2D eigenvalue weighted by Gasteiger charge is 2.49. The van der Waals surface area contributed by atoms with Gasteiger partial charge in [-0.25, -0.2) is 0 Å². The zero-order valence-corrected chi connectivity index (χ0v) is 33.0. The van der Waals surface area contributed by atoms with Crippen LogP contribution in [0.3, 0.4) is 0 Å². The van der Waals surface area contributed by atoms with E-state index in [1.165, 1.54) is 64.3 Å². The van der Waals surface area contributed by atoms with E-state index in [2.05, 4.69) is 186 Å². The minimum absolute atomic E-state index is 0.199. The van der Waals surface area contributed by atoms with Crippen molar-refractivity contribution in [2.24, 2.45) is 0 Å². The number of thiophene rings is 1. The van der Waals surface area contributed by atoms with Crippen molar-refractivity contribution < 1.29 is 4.42 Å². The van der Waals surface area contributed by atoms with E-state index < -0.39 is 0 Å². The largest absolute Gasteiger partial charge is 0.454 e. The Balaban J connectivity index is 1.01. The average molecular weight is 773 g/mol. The summed E-state index contributed by atoms with van der Waals surface area (Å²) in [4.78, 5) is 8.19. The van der Waals surface area contributed by atoms with E-state index in [0.717, 1.165) is 36.1 Å². The normalized spacial score (nSPS) is 22.2. The Morgan fingerprint density at radius 2 is 1.46 bits per heavy atom. The molecule has 5 heteroatoms. The van der Waals surface area contributed by atoms with Crippen molar-refractivity contribution in [2.45, 2.75) is 53.5 Å². The molecule has 276 valence electrons. The highest BCUT2D eigenvalue weighted by Crippen LogP contribution is 2.68. The second-order valence-corrected chi connectivity index (χ2v) is 18.0. The summed E-state index contributed by atoms with van der Waals surface area (Å²) in [7, 11) is 0. The van der Waals surface area contributed by atoms with Gasteiger partial charge >= 0.3 is 0 Å². The zero-order chi connectivity index (χ0) is 37.5. The molecule has 2 aliphatic heterocycles. The van der Waals surface area contributed by atoms with Crippen LogP contribution in [0.5, 0.6) is 0 Å². The molecule has 3 nitrogen and oxygen atoms in total. The van der Waals surface area contributed by atoms with E-state index in [1.807, 2.05) is 23.1 Å². The SMILES string of the molecule is C1=CC(N(c2cccc3oc4c(N5c6c(sc7ccccc67)C6Sc7ccccc7C65)cccc4c23)C2C=CC(c3ccccc3)CC2)CC=C1c1ccccc1. The van der Waals surface area contributed by atoms with Crippen molar-refractivity contribution >= 4 is 77.8 Å². The third-order valence-corrected chi connectivity index (χ3v) is 15.4. The molecule has 0 spiro atoms. The number of thioether (sulfide) groups is 1. The third kappa shape index (κ3) is 5.32. The fourth-order valence-corrected chi connectivity index (χ4v) is 12.9. The van der Waals surface area contributed by atoms with Gasteiger partial charge in [0.15, 0.2) is 5.58 Å². The first-order valence-electron chi connectivity index (χ1n) is 20.2. The van der Waals surface area contributed by atoms with Crippen molar-refractivity contribution in [3.8, 4) is 0 Å². The lowest BCUT2D eigenvalue weighted by molar-refractivity contribution is 0.528. The number of nitrogens with zero attached hydrogens (tertiary/aromatic N) is 2. The standard InChI is InChI=1S/C52H40N2OS2/c1-3-13-33(14-4-1)35-25-29-37(30-26-35)53(38-31-27-36(28-32-38)34-15-5-2-6-16-34)42-20-12-22-44-47(42)41-19-11-21-43(50(41)55-44)54-48-39-17-7-9-23-45(39)56-51(48)52-49(54)40-18-8-10-24-46(40)57-52/h1-27,29,31,36-38,48,51H,28,30,32H2. The van der Waals surface area contributed by atoms with Gasteiger partial charge in [-0.1, -0.05) is 146 Å². The molecule has 0 saturated carbocycles. The molecule has 0 fully saturated rings. The number of furan rings is 1. The lowest BCUT2D eigenvalue weighted by Crippen LogP contribution is -2.43. The Labute approximate surface area is 341 Å². The molecule has 2 aromatic heterocycles. The van der Waals surface area contributed by atoms with Crippen LogP contribution in [0.1, 0.15) is 58.0 Å². The molecule has 4 heterocycles. The number of anilines is 3. The molecule has 5 unspecified atom stereocenters. The van der Waals surface area contributed by atoms with Gasteiger partial charge in [0.05, 0.1) is 34.1 Å². The fraction of sp³-hybridized carbons (Fsp3) is 0.154. The minimum Gasteiger partial charge on any atom is -0.454 e. The quantitative estimate of drug-likeness (QED) is 0.157. The molecule has 2 aliphatic carbocycles. The lowest BCUT2D eigenvalue weighted by atomic mass is 9.85. The summed E-state index contributed by atoms with van der Waals surface area (Å²) in [6, 6.07) is 53.9. The van der Waals surface area contributed by atoms with Crippen LogP contribution in [0.15, 0.2) is 185 Å². The third-order valence-electron chi connectivity index (χ3n) is 12.6. The highest BCUT2D eigenvalue weighted by atomic mass is 32.2. The smallest absolute Gasteiger partial charge is 0.159 e. The molecule has 6 aromatic carbocycles. The Hall–Kier alpha value is -5.75. The van der Waals surface area contributed by atoms with Crippen LogP contribution >= 0.6 is 23.1 Å². The number of rotatable bonds is 6. The molecule has 0 amide bonds. The number of hydrogen-bond acceptors (Lipinski definition) is 5. The summed E-state index contributed by atoms with van der Waals surface area (Å²) in [5.41, 5.74) is 11.0. The van der Waals surface area contributed by atoms with Crippen LogP contribution < -0.4 is 9.80 Å². The van der Waals surface area contributed by atoms with E-state index in [0.29, 0.717) is 11.2 Å². The fourth-order valence-electron chi connectivity index (χ4n) is 10.1. The van der Waals surface area contributed by atoms with Gasteiger partial charge in [-0.3, -0.25) is 0 Å². The molecular formula is C52H40N2OS2. The maximum Gasteiger partial charge on any atom is 0.159 e. The van der Waals surface area contributed by atoms with Crippen LogP contribution in [0.25, 0.3) is 37.6 Å². The zero-order valence-electron chi connectivity index (χ0n) is 31.4. The van der Waals surface area contributed by atoms with Gasteiger partial charge in [-0.05, 0) is 71.9 Å². The predicted octanol–water partition coefficient (Wildman–Crippen LogP) is 14.6. The maximum atomic E-state index is 7.13. The van der Waals surface area contributed by atoms with Gasteiger partial charge in [-0.2, -0.15) is 0 Å². The van der Waals surface area contributed by atoms with Gasteiger partial charge in [0, 0.05) is 42.9 Å². The Morgan fingerprint density at radius 3 is 2.30 bits per heavy atom. The Kier molecular flexibility index (Phi) is 7.87. The van der Waals surface area contributed by atoms with E-state index in [4.69, 9.17) is 4.42 Å². The predicted molar refractivity (Wildman–Crippen MR) is 241 cm³/mol. The topological polar surface area (TPSA) is 19.6 Å². The van der Waals surface area contributed by atoms with Gasteiger partial charge in [0.2, 0.25) is 0 Å². The lowest BCUT2D eigenvalue weighted by Gasteiger charge is -2.41. The number of fused-ring (bicyclic) bond motifs is 10. The summed E-state index contributed by atoms with van der Waals surface area (Å²) in [5, 5.41) is 4.04. The molecule has 4 aliphatic rings.